The highest BCUT2D eigenvalue weighted by atomic mass is 16.3. The molecule has 2 aliphatic rings. The Bertz CT molecular complexity index is 904. The van der Waals surface area contributed by atoms with E-state index in [2.05, 4.69) is 15.2 Å². The highest BCUT2D eigenvalue weighted by Crippen LogP contribution is 2.28. The standard InChI is InChI=1S/C23H27N3O3/c27-18-7-5-17(6-8-18)25-23-19-10-13-26(15-16(19)9-12-24-23)14-11-22(29)20-3-1-2-4-21(20)28/h1-4,9,11-12,14,17-18,27-28H,5-8,10,13,15H2,(H,24,25)/b14-11+. The number of hydrogen-bond donors (Lipinski definition) is 3. The third-order valence-electron chi connectivity index (χ3n) is 5.82. The van der Waals surface area contributed by atoms with Crippen LogP contribution in [0.3, 0.4) is 0 Å². The molecule has 1 saturated carbocycles. The van der Waals surface area contributed by atoms with E-state index in [0.717, 1.165) is 51.0 Å². The van der Waals surface area contributed by atoms with Crippen LogP contribution in [0.5, 0.6) is 5.75 Å². The van der Waals surface area contributed by atoms with Crippen molar-refractivity contribution in [1.29, 1.82) is 0 Å². The number of phenols is 1. The van der Waals surface area contributed by atoms with Gasteiger partial charge < -0.3 is 20.4 Å². The minimum Gasteiger partial charge on any atom is -0.507 e. The summed E-state index contributed by atoms with van der Waals surface area (Å²) >= 11 is 0. The predicted molar refractivity (Wildman–Crippen MR) is 112 cm³/mol. The van der Waals surface area contributed by atoms with Gasteiger partial charge >= 0.3 is 0 Å². The van der Waals surface area contributed by atoms with Crippen LogP contribution in [0.1, 0.15) is 47.2 Å². The molecule has 0 spiro atoms. The van der Waals surface area contributed by atoms with Gasteiger partial charge in [-0.15, -0.1) is 0 Å². The molecule has 0 bridgehead atoms. The molecule has 1 aromatic heterocycles. The maximum absolute atomic E-state index is 12.3. The number of rotatable bonds is 5. The van der Waals surface area contributed by atoms with Crippen molar-refractivity contribution in [3.8, 4) is 5.75 Å². The monoisotopic (exact) mass is 393 g/mol. The van der Waals surface area contributed by atoms with Crippen LogP contribution in [0, 0.1) is 0 Å². The average molecular weight is 393 g/mol. The number of aliphatic hydroxyl groups excluding tert-OH is 1. The molecule has 1 aromatic carbocycles. The number of nitrogens with zero attached hydrogens (tertiary/aromatic N) is 2. The number of para-hydroxylation sites is 1. The van der Waals surface area contributed by atoms with E-state index in [-0.39, 0.29) is 17.6 Å². The van der Waals surface area contributed by atoms with Crippen molar-refractivity contribution < 1.29 is 15.0 Å². The third-order valence-corrected chi connectivity index (χ3v) is 5.82. The number of pyridine rings is 1. The zero-order valence-electron chi connectivity index (χ0n) is 16.4. The van der Waals surface area contributed by atoms with Crippen molar-refractivity contribution in [2.24, 2.45) is 0 Å². The molecule has 29 heavy (non-hydrogen) atoms. The van der Waals surface area contributed by atoms with Crippen LogP contribution < -0.4 is 5.32 Å². The first-order valence-corrected chi connectivity index (χ1v) is 10.3. The maximum atomic E-state index is 12.3. The number of carbonyl (C=O) groups is 1. The molecule has 6 heteroatoms. The van der Waals surface area contributed by atoms with Crippen molar-refractivity contribution in [3.63, 3.8) is 0 Å². The van der Waals surface area contributed by atoms with Gasteiger partial charge in [-0.3, -0.25) is 4.79 Å². The zero-order valence-corrected chi connectivity index (χ0v) is 16.4. The second-order valence-corrected chi connectivity index (χ2v) is 7.86. The van der Waals surface area contributed by atoms with E-state index in [0.29, 0.717) is 11.6 Å². The fourth-order valence-electron chi connectivity index (χ4n) is 4.12. The normalized spacial score (nSPS) is 21.8. The second-order valence-electron chi connectivity index (χ2n) is 7.86. The van der Waals surface area contributed by atoms with Crippen molar-refractivity contribution in [1.82, 2.24) is 9.88 Å². The summed E-state index contributed by atoms with van der Waals surface area (Å²) in [5, 5.41) is 23.1. The van der Waals surface area contributed by atoms with Crippen LogP contribution in [0.15, 0.2) is 48.8 Å². The summed E-state index contributed by atoms with van der Waals surface area (Å²) in [4.78, 5) is 19.0. The number of benzene rings is 1. The molecule has 0 amide bonds. The molecule has 4 rings (SSSR count). The molecule has 1 aliphatic heterocycles. The summed E-state index contributed by atoms with van der Waals surface area (Å²) in [5.41, 5.74) is 2.77. The zero-order chi connectivity index (χ0) is 20.2. The van der Waals surface area contributed by atoms with Gasteiger partial charge in [0.15, 0.2) is 5.78 Å². The largest absolute Gasteiger partial charge is 0.507 e. The summed E-state index contributed by atoms with van der Waals surface area (Å²) in [5.74, 6) is 0.756. The van der Waals surface area contributed by atoms with Crippen LogP contribution in [-0.4, -0.2) is 44.6 Å². The highest BCUT2D eigenvalue weighted by molar-refractivity contribution is 6.06. The molecule has 2 aromatic rings. The van der Waals surface area contributed by atoms with E-state index in [4.69, 9.17) is 0 Å². The number of ketones is 1. The predicted octanol–water partition coefficient (Wildman–Crippen LogP) is 3.26. The molecule has 152 valence electrons. The molecule has 3 N–H and O–H groups in total. The van der Waals surface area contributed by atoms with Crippen LogP contribution in [-0.2, 0) is 13.0 Å². The third kappa shape index (κ3) is 4.59. The maximum Gasteiger partial charge on any atom is 0.190 e. The molecule has 1 fully saturated rings. The molecule has 2 heterocycles. The lowest BCUT2D eigenvalue weighted by atomic mass is 9.92. The van der Waals surface area contributed by atoms with Gasteiger partial charge in [0.1, 0.15) is 11.6 Å². The van der Waals surface area contributed by atoms with Crippen LogP contribution in [0.4, 0.5) is 5.82 Å². The van der Waals surface area contributed by atoms with Gasteiger partial charge in [-0.05, 0) is 55.9 Å². The summed E-state index contributed by atoms with van der Waals surface area (Å²) in [7, 11) is 0. The van der Waals surface area contributed by atoms with Crippen molar-refractivity contribution in [3.05, 3.63) is 65.5 Å². The molecule has 6 nitrogen and oxygen atoms in total. The summed E-state index contributed by atoms with van der Waals surface area (Å²) in [6.45, 7) is 1.53. The first-order valence-electron chi connectivity index (χ1n) is 10.3. The lowest BCUT2D eigenvalue weighted by Crippen LogP contribution is -2.31. The number of allylic oxidation sites excluding steroid dienone is 1. The van der Waals surface area contributed by atoms with E-state index in [1.807, 2.05) is 18.5 Å². The van der Waals surface area contributed by atoms with Gasteiger partial charge in [0, 0.05) is 43.2 Å². The Morgan fingerprint density at radius 2 is 1.97 bits per heavy atom. The van der Waals surface area contributed by atoms with Gasteiger partial charge in [0.2, 0.25) is 0 Å². The Kier molecular flexibility index (Phi) is 5.81. The summed E-state index contributed by atoms with van der Waals surface area (Å²) in [6, 6.07) is 9.00. The molecule has 0 radical (unpaired) electrons. The van der Waals surface area contributed by atoms with Crippen molar-refractivity contribution in [2.45, 2.75) is 50.8 Å². The summed E-state index contributed by atoms with van der Waals surface area (Å²) in [6.07, 6.45) is 9.49. The highest BCUT2D eigenvalue weighted by Gasteiger charge is 2.23. The Morgan fingerprint density at radius 3 is 2.76 bits per heavy atom. The number of nitrogens with one attached hydrogen (secondary N) is 1. The smallest absolute Gasteiger partial charge is 0.190 e. The van der Waals surface area contributed by atoms with Crippen LogP contribution in [0.25, 0.3) is 0 Å². The lowest BCUT2D eigenvalue weighted by Gasteiger charge is -2.31. The number of phenolic OH excluding ortho intramolecular Hbond substituents is 1. The van der Waals surface area contributed by atoms with E-state index < -0.39 is 0 Å². The van der Waals surface area contributed by atoms with Crippen LogP contribution >= 0.6 is 0 Å². The molecular formula is C23H27N3O3. The molecule has 0 atom stereocenters. The summed E-state index contributed by atoms with van der Waals surface area (Å²) < 4.78 is 0. The fourth-order valence-corrected chi connectivity index (χ4v) is 4.12. The molecule has 0 saturated heterocycles. The number of carbonyl (C=O) groups excluding carboxylic acids is 1. The number of aromatic hydroxyl groups is 1. The van der Waals surface area contributed by atoms with Gasteiger partial charge in [-0.1, -0.05) is 12.1 Å². The van der Waals surface area contributed by atoms with E-state index >= 15 is 0 Å². The molecular weight excluding hydrogens is 366 g/mol. The Hall–Kier alpha value is -2.86. The number of anilines is 1. The number of hydrogen-bond acceptors (Lipinski definition) is 6. The Labute approximate surface area is 170 Å². The number of aliphatic hydroxyl groups is 1. The fraction of sp³-hybridized carbons (Fsp3) is 0.391. The minimum atomic E-state index is -0.203. The van der Waals surface area contributed by atoms with Gasteiger partial charge in [-0.2, -0.15) is 0 Å². The second kappa shape index (κ2) is 8.66. The lowest BCUT2D eigenvalue weighted by molar-refractivity contribution is 0.104. The average Bonchev–Trinajstić information content (AvgIpc) is 2.74. The number of fused-ring (bicyclic) bond motifs is 1. The van der Waals surface area contributed by atoms with Crippen LogP contribution in [0.2, 0.25) is 0 Å². The SMILES string of the molecule is O=C(/C=C/N1CCc2c(ccnc2NC2CCC(O)CC2)C1)c1ccccc1O. The van der Waals surface area contributed by atoms with E-state index in [1.165, 1.54) is 23.3 Å². The Balaban J connectivity index is 1.41. The Morgan fingerprint density at radius 1 is 1.17 bits per heavy atom. The number of aromatic nitrogens is 1. The van der Waals surface area contributed by atoms with E-state index in [9.17, 15) is 15.0 Å². The minimum absolute atomic E-state index is 0.00293. The van der Waals surface area contributed by atoms with Gasteiger partial charge in [-0.25, -0.2) is 4.98 Å². The van der Waals surface area contributed by atoms with Crippen molar-refractivity contribution >= 4 is 11.6 Å². The quantitative estimate of drug-likeness (QED) is 0.534. The van der Waals surface area contributed by atoms with Gasteiger partial charge in [0.25, 0.3) is 0 Å². The van der Waals surface area contributed by atoms with Crippen molar-refractivity contribution in [2.75, 3.05) is 11.9 Å². The first-order chi connectivity index (χ1) is 14.1. The topological polar surface area (TPSA) is 85.7 Å². The molecule has 1 aliphatic carbocycles. The molecule has 0 unspecified atom stereocenters. The first kappa shape index (κ1) is 19.5. The van der Waals surface area contributed by atoms with E-state index in [1.54, 1.807) is 18.2 Å². The van der Waals surface area contributed by atoms with Gasteiger partial charge in [0.05, 0.1) is 11.7 Å².